The van der Waals surface area contributed by atoms with Crippen molar-refractivity contribution < 1.29 is 19.2 Å². The number of nitrogens with one attached hydrogen (secondary N) is 3. The molecule has 2 aromatic carbocycles. The molecule has 0 bridgehead atoms. The van der Waals surface area contributed by atoms with Gasteiger partial charge in [-0.2, -0.15) is 0 Å². The van der Waals surface area contributed by atoms with E-state index in [1.54, 1.807) is 12.1 Å². The molecule has 3 N–H and O–H groups in total. The van der Waals surface area contributed by atoms with E-state index in [9.17, 15) is 19.2 Å². The van der Waals surface area contributed by atoms with Gasteiger partial charge in [0.05, 0.1) is 12.2 Å². The van der Waals surface area contributed by atoms with E-state index in [-0.39, 0.29) is 30.7 Å². The van der Waals surface area contributed by atoms with Crippen molar-refractivity contribution in [2.75, 3.05) is 17.2 Å². The smallest absolute Gasteiger partial charge is 0.255 e. The molecular weight excluding hydrogens is 499 g/mol. The Morgan fingerprint density at radius 3 is 2.73 bits per heavy atom. The minimum Gasteiger partial charge on any atom is -0.376 e. The number of benzene rings is 2. The molecule has 0 aliphatic carbocycles. The summed E-state index contributed by atoms with van der Waals surface area (Å²) in [6.45, 7) is 0.377. The molecule has 2 aromatic rings. The minimum absolute atomic E-state index is 0.0504. The molecule has 0 aromatic heterocycles. The molecule has 0 radical (unpaired) electrons. The summed E-state index contributed by atoms with van der Waals surface area (Å²) in [6, 6.07) is 12.2. The van der Waals surface area contributed by atoms with Crippen molar-refractivity contribution in [1.82, 2.24) is 10.2 Å². The van der Waals surface area contributed by atoms with Crippen LogP contribution in [0.15, 0.2) is 42.5 Å². The van der Waals surface area contributed by atoms with Gasteiger partial charge in [0.1, 0.15) is 6.04 Å². The Kier molecular flexibility index (Phi) is 5.71. The van der Waals surface area contributed by atoms with E-state index in [2.05, 4.69) is 38.5 Å². The van der Waals surface area contributed by atoms with E-state index in [1.807, 2.05) is 30.3 Å². The zero-order valence-corrected chi connectivity index (χ0v) is 18.1. The quantitative estimate of drug-likeness (QED) is 0.415. The molecule has 1 fully saturated rings. The first kappa shape index (κ1) is 20.3. The Hall–Kier alpha value is -2.95. The summed E-state index contributed by atoms with van der Waals surface area (Å²) < 4.78 is 0.945. The van der Waals surface area contributed by atoms with Crippen LogP contribution in [-0.4, -0.2) is 41.1 Å². The van der Waals surface area contributed by atoms with Gasteiger partial charge in [0.15, 0.2) is 0 Å². The van der Waals surface area contributed by atoms with Gasteiger partial charge < -0.3 is 15.5 Å². The molecule has 0 spiro atoms. The van der Waals surface area contributed by atoms with Crippen LogP contribution < -0.4 is 16.0 Å². The number of rotatable bonds is 5. The SMILES string of the molecule is O=C1CCC(N2Cc3ccc(NCC(=O)Nc4ccccc4I)cc3C2=O)C(=O)N1. The number of halogens is 1. The fraction of sp³-hybridized carbons (Fsp3) is 0.238. The molecule has 1 atom stereocenters. The van der Waals surface area contributed by atoms with Gasteiger partial charge in [-0.1, -0.05) is 18.2 Å². The van der Waals surface area contributed by atoms with Gasteiger partial charge in [-0.15, -0.1) is 0 Å². The summed E-state index contributed by atoms with van der Waals surface area (Å²) in [6.07, 6.45) is 0.548. The Morgan fingerprint density at radius 1 is 1.17 bits per heavy atom. The maximum Gasteiger partial charge on any atom is 0.255 e. The van der Waals surface area contributed by atoms with Crippen molar-refractivity contribution in [1.29, 1.82) is 0 Å². The third-order valence-corrected chi connectivity index (χ3v) is 6.07. The number of nitrogens with zero attached hydrogens (tertiary/aromatic N) is 1. The van der Waals surface area contributed by atoms with Crippen LogP contribution in [0.3, 0.4) is 0 Å². The molecule has 8 nitrogen and oxygen atoms in total. The van der Waals surface area contributed by atoms with E-state index < -0.39 is 11.9 Å². The largest absolute Gasteiger partial charge is 0.376 e. The van der Waals surface area contributed by atoms with E-state index in [4.69, 9.17) is 0 Å². The van der Waals surface area contributed by atoms with Gasteiger partial charge in [0, 0.05) is 27.8 Å². The Balaban J connectivity index is 1.40. The summed E-state index contributed by atoms with van der Waals surface area (Å²) in [5, 5.41) is 8.17. The second kappa shape index (κ2) is 8.42. The lowest BCUT2D eigenvalue weighted by Gasteiger charge is -2.29. The maximum absolute atomic E-state index is 12.8. The first-order chi connectivity index (χ1) is 14.4. The van der Waals surface area contributed by atoms with Crippen LogP contribution in [0.25, 0.3) is 0 Å². The molecule has 4 rings (SSSR count). The van der Waals surface area contributed by atoms with Crippen LogP contribution in [0.1, 0.15) is 28.8 Å². The van der Waals surface area contributed by atoms with Crippen LogP contribution in [0, 0.1) is 3.57 Å². The number of amides is 4. The van der Waals surface area contributed by atoms with Crippen LogP contribution >= 0.6 is 22.6 Å². The Labute approximate surface area is 186 Å². The first-order valence-corrected chi connectivity index (χ1v) is 10.6. The summed E-state index contributed by atoms with van der Waals surface area (Å²) in [5.74, 6) is -1.18. The van der Waals surface area contributed by atoms with E-state index in [0.717, 1.165) is 14.8 Å². The standard InChI is InChI=1S/C21H19IN4O4/c22-15-3-1-2-4-16(15)24-19(28)10-23-13-6-5-12-11-26(21(30)14(12)9-13)17-7-8-18(27)25-20(17)29/h1-6,9,17,23H,7-8,10-11H2,(H,24,28)(H,25,27,29). The predicted molar refractivity (Wildman–Crippen MR) is 119 cm³/mol. The first-order valence-electron chi connectivity index (χ1n) is 9.48. The predicted octanol–water partition coefficient (Wildman–Crippen LogP) is 2.10. The molecule has 1 unspecified atom stereocenters. The molecular formula is C21H19IN4O4. The maximum atomic E-state index is 12.8. The number of carbonyl (C=O) groups excluding carboxylic acids is 4. The van der Waals surface area contributed by atoms with Gasteiger partial charge in [-0.3, -0.25) is 24.5 Å². The molecule has 9 heteroatoms. The molecule has 2 heterocycles. The normalized spacial score (nSPS) is 18.1. The van der Waals surface area contributed by atoms with Crippen LogP contribution in [0.4, 0.5) is 11.4 Å². The number of para-hydroxylation sites is 1. The number of imide groups is 1. The van der Waals surface area contributed by atoms with Crippen LogP contribution in [-0.2, 0) is 20.9 Å². The number of hydrogen-bond acceptors (Lipinski definition) is 5. The average molecular weight is 518 g/mol. The average Bonchev–Trinajstić information content (AvgIpc) is 3.04. The van der Waals surface area contributed by atoms with E-state index >= 15 is 0 Å². The topological polar surface area (TPSA) is 108 Å². The lowest BCUT2D eigenvalue weighted by molar-refractivity contribution is -0.137. The van der Waals surface area contributed by atoms with Gasteiger partial charge in [-0.25, -0.2) is 0 Å². The molecule has 0 saturated carbocycles. The van der Waals surface area contributed by atoms with Crippen molar-refractivity contribution in [2.24, 2.45) is 0 Å². The number of piperidine rings is 1. The van der Waals surface area contributed by atoms with Crippen molar-refractivity contribution in [3.05, 3.63) is 57.2 Å². The number of carbonyl (C=O) groups is 4. The molecule has 2 aliphatic heterocycles. The molecule has 1 saturated heterocycles. The van der Waals surface area contributed by atoms with Crippen molar-refractivity contribution in [3.63, 3.8) is 0 Å². The zero-order chi connectivity index (χ0) is 21.3. The Morgan fingerprint density at radius 2 is 1.97 bits per heavy atom. The van der Waals surface area contributed by atoms with Crippen molar-refractivity contribution in [2.45, 2.75) is 25.4 Å². The number of hydrogen-bond donors (Lipinski definition) is 3. The van der Waals surface area contributed by atoms with Gasteiger partial charge >= 0.3 is 0 Å². The highest BCUT2D eigenvalue weighted by atomic mass is 127. The Bertz CT molecular complexity index is 1060. The third-order valence-electron chi connectivity index (χ3n) is 5.13. The highest BCUT2D eigenvalue weighted by Crippen LogP contribution is 2.29. The summed E-state index contributed by atoms with van der Waals surface area (Å²) in [5.41, 5.74) is 2.71. The van der Waals surface area contributed by atoms with Crippen LogP contribution in [0.5, 0.6) is 0 Å². The molecule has 30 heavy (non-hydrogen) atoms. The number of fused-ring (bicyclic) bond motifs is 1. The van der Waals surface area contributed by atoms with Crippen LogP contribution in [0.2, 0.25) is 0 Å². The van der Waals surface area contributed by atoms with Gasteiger partial charge in [-0.05, 0) is 58.8 Å². The van der Waals surface area contributed by atoms with Crippen molar-refractivity contribution >= 4 is 57.6 Å². The van der Waals surface area contributed by atoms with E-state index in [1.165, 1.54) is 4.90 Å². The van der Waals surface area contributed by atoms with Crippen molar-refractivity contribution in [3.8, 4) is 0 Å². The number of anilines is 2. The zero-order valence-electron chi connectivity index (χ0n) is 15.9. The summed E-state index contributed by atoms with van der Waals surface area (Å²) in [7, 11) is 0. The second-order valence-electron chi connectivity index (χ2n) is 7.15. The van der Waals surface area contributed by atoms with E-state index in [0.29, 0.717) is 24.2 Å². The second-order valence-corrected chi connectivity index (χ2v) is 8.32. The summed E-state index contributed by atoms with van der Waals surface area (Å²) >= 11 is 2.15. The molecule has 4 amide bonds. The monoisotopic (exact) mass is 518 g/mol. The lowest BCUT2D eigenvalue weighted by atomic mass is 10.0. The van der Waals surface area contributed by atoms with Gasteiger partial charge in [0.2, 0.25) is 17.7 Å². The fourth-order valence-electron chi connectivity index (χ4n) is 3.60. The lowest BCUT2D eigenvalue weighted by Crippen LogP contribution is -2.52. The fourth-order valence-corrected chi connectivity index (χ4v) is 4.13. The third kappa shape index (κ3) is 4.16. The highest BCUT2D eigenvalue weighted by Gasteiger charge is 2.39. The van der Waals surface area contributed by atoms with Gasteiger partial charge in [0.25, 0.3) is 5.91 Å². The minimum atomic E-state index is -0.641. The summed E-state index contributed by atoms with van der Waals surface area (Å²) in [4.78, 5) is 50.1. The highest BCUT2D eigenvalue weighted by molar-refractivity contribution is 14.1. The molecule has 154 valence electrons. The molecule has 2 aliphatic rings.